The number of carboxylic acid groups (broad SMARTS) is 2. The molecule has 0 spiro atoms. The van der Waals surface area contributed by atoms with Gasteiger partial charge in [-0.1, -0.05) is 98.4 Å². The van der Waals surface area contributed by atoms with Crippen molar-refractivity contribution in [2.24, 2.45) is 5.73 Å². The molecule has 0 fully saturated rings. The van der Waals surface area contributed by atoms with Crippen LogP contribution in [0.4, 0.5) is 0 Å². The number of cyclic esters (lactones) is 4. The third-order valence-electron chi connectivity index (χ3n) is 10.9. The van der Waals surface area contributed by atoms with Crippen molar-refractivity contribution in [1.82, 2.24) is 10.6 Å². The minimum Gasteiger partial charge on any atom is -0.478 e. The van der Waals surface area contributed by atoms with Gasteiger partial charge in [-0.3, -0.25) is 9.59 Å². The van der Waals surface area contributed by atoms with Crippen molar-refractivity contribution in [3.63, 3.8) is 0 Å². The van der Waals surface area contributed by atoms with Gasteiger partial charge in [0, 0.05) is 45.8 Å². The van der Waals surface area contributed by atoms with Gasteiger partial charge in [-0.15, -0.1) is 0 Å². The molecule has 0 aliphatic carbocycles. The fraction of sp³-hybridized carbons (Fsp3) is 0.132. The summed E-state index contributed by atoms with van der Waals surface area (Å²) >= 11 is 0. The molecule has 15 heteroatoms. The first kappa shape index (κ1) is 48.6. The van der Waals surface area contributed by atoms with E-state index >= 15 is 0 Å². The Hall–Kier alpha value is -8.82. The molecule has 0 saturated heterocycles. The molecule has 6 N–H and O–H groups in total. The molecule has 344 valence electrons. The summed E-state index contributed by atoms with van der Waals surface area (Å²) in [6.45, 7) is 1.31. The zero-order valence-corrected chi connectivity index (χ0v) is 35.6. The number of rotatable bonds is 12. The lowest BCUT2D eigenvalue weighted by atomic mass is 9.89. The number of fused-ring (bicyclic) bond motifs is 1. The molecule has 0 aromatic heterocycles. The molecule has 0 bridgehead atoms. The Morgan fingerprint density at radius 3 is 1.00 bits per heavy atom. The SMILES string of the molecule is C.NCCc1ccccc1.O=C(O)c1ccc(C(=O)NCCc2ccccc2)c2c(C(=O)O)ccc(C(=O)NCCc3ccccc3)c12.O=C1OC(=O)c2ccc3c4c(ccc1c24)C(=O)OC3=O. The van der Waals surface area contributed by atoms with E-state index in [0.717, 1.165) is 24.1 Å². The second-order valence-corrected chi connectivity index (χ2v) is 15.1. The normalized spacial score (nSPS) is 12.0. The molecule has 2 amide bonds. The molecule has 9 rings (SSSR count). The van der Waals surface area contributed by atoms with Crippen LogP contribution in [-0.4, -0.2) is 77.5 Å². The van der Waals surface area contributed by atoms with Crippen LogP contribution in [0.25, 0.3) is 21.5 Å². The predicted molar refractivity (Wildman–Crippen MR) is 252 cm³/mol. The molecule has 2 aliphatic heterocycles. The van der Waals surface area contributed by atoms with E-state index in [1.807, 2.05) is 78.9 Å². The molecule has 68 heavy (non-hydrogen) atoms. The maximum absolute atomic E-state index is 13.2. The van der Waals surface area contributed by atoms with Crippen LogP contribution in [0.15, 0.2) is 140 Å². The first-order valence-corrected chi connectivity index (χ1v) is 20.9. The van der Waals surface area contributed by atoms with E-state index in [9.17, 15) is 48.6 Å². The maximum atomic E-state index is 13.2. The van der Waals surface area contributed by atoms with E-state index < -0.39 is 47.6 Å². The maximum Gasteiger partial charge on any atom is 0.346 e. The minimum atomic E-state index is -1.34. The lowest BCUT2D eigenvalue weighted by molar-refractivity contribution is 0.0366. The van der Waals surface area contributed by atoms with Crippen LogP contribution in [0.3, 0.4) is 0 Å². The highest BCUT2D eigenvalue weighted by Crippen LogP contribution is 2.36. The highest BCUT2D eigenvalue weighted by Gasteiger charge is 2.35. The largest absolute Gasteiger partial charge is 0.478 e. The van der Waals surface area contributed by atoms with Gasteiger partial charge in [0.15, 0.2) is 0 Å². The Kier molecular flexibility index (Phi) is 15.7. The number of ether oxygens (including phenoxy) is 2. The molecule has 7 aromatic rings. The van der Waals surface area contributed by atoms with Crippen LogP contribution in [0, 0.1) is 0 Å². The second-order valence-electron chi connectivity index (χ2n) is 15.1. The quantitative estimate of drug-likeness (QED) is 0.0591. The number of hydrogen-bond acceptors (Lipinski definition) is 11. The van der Waals surface area contributed by atoms with E-state index in [1.54, 1.807) is 0 Å². The Morgan fingerprint density at radius 2 is 0.706 bits per heavy atom. The number of nitrogens with one attached hydrogen (secondary N) is 2. The van der Waals surface area contributed by atoms with Crippen LogP contribution in [0.2, 0.25) is 0 Å². The number of hydrogen-bond donors (Lipinski definition) is 5. The van der Waals surface area contributed by atoms with Crippen LogP contribution >= 0.6 is 0 Å². The number of benzene rings is 7. The fourth-order valence-corrected chi connectivity index (χ4v) is 7.73. The van der Waals surface area contributed by atoms with Crippen molar-refractivity contribution in [3.05, 3.63) is 201 Å². The number of nitrogens with two attached hydrogens (primary N) is 1. The summed E-state index contributed by atoms with van der Waals surface area (Å²) < 4.78 is 9.22. The van der Waals surface area contributed by atoms with E-state index in [4.69, 9.17) is 5.73 Å². The highest BCUT2D eigenvalue weighted by molar-refractivity contribution is 6.29. The van der Waals surface area contributed by atoms with Gasteiger partial charge in [-0.25, -0.2) is 28.8 Å². The Labute approximate surface area is 389 Å². The summed E-state index contributed by atoms with van der Waals surface area (Å²) in [6, 6.07) is 39.9. The van der Waals surface area contributed by atoms with Crippen molar-refractivity contribution < 1.29 is 58.0 Å². The van der Waals surface area contributed by atoms with Gasteiger partial charge in [0.25, 0.3) is 11.8 Å². The van der Waals surface area contributed by atoms with Crippen molar-refractivity contribution in [3.8, 4) is 0 Å². The number of esters is 4. The van der Waals surface area contributed by atoms with Crippen molar-refractivity contribution >= 4 is 69.2 Å². The van der Waals surface area contributed by atoms with Gasteiger partial charge < -0.3 is 36.1 Å². The highest BCUT2D eigenvalue weighted by atomic mass is 16.6. The van der Waals surface area contributed by atoms with Crippen molar-refractivity contribution in [1.29, 1.82) is 0 Å². The molecular formula is C53H45N3O12. The molecule has 0 radical (unpaired) electrons. The average Bonchev–Trinajstić information content (AvgIpc) is 3.33. The van der Waals surface area contributed by atoms with Gasteiger partial charge >= 0.3 is 35.8 Å². The summed E-state index contributed by atoms with van der Waals surface area (Å²) in [4.78, 5) is 97.4. The van der Waals surface area contributed by atoms with Crippen molar-refractivity contribution in [2.75, 3.05) is 19.6 Å². The molecule has 15 nitrogen and oxygen atoms in total. The van der Waals surface area contributed by atoms with Crippen molar-refractivity contribution in [2.45, 2.75) is 26.7 Å². The summed E-state index contributed by atoms with van der Waals surface area (Å²) in [7, 11) is 0. The first-order chi connectivity index (χ1) is 32.4. The van der Waals surface area contributed by atoms with Gasteiger partial charge in [0.2, 0.25) is 0 Å². The van der Waals surface area contributed by atoms with E-state index in [1.165, 1.54) is 54.1 Å². The summed E-state index contributed by atoms with van der Waals surface area (Å²) in [5.74, 6) is -6.98. The molecular weight excluding hydrogens is 871 g/mol. The van der Waals surface area contributed by atoms with Gasteiger partial charge in [0.05, 0.1) is 33.4 Å². The topological polar surface area (TPSA) is 246 Å². The molecule has 7 aromatic carbocycles. The predicted octanol–water partition coefficient (Wildman–Crippen LogP) is 7.47. The van der Waals surface area contributed by atoms with E-state index in [-0.39, 0.29) is 86.6 Å². The lowest BCUT2D eigenvalue weighted by Gasteiger charge is -2.21. The fourth-order valence-electron chi connectivity index (χ4n) is 7.73. The zero-order valence-electron chi connectivity index (χ0n) is 35.6. The Morgan fingerprint density at radius 1 is 0.412 bits per heavy atom. The van der Waals surface area contributed by atoms with E-state index in [2.05, 4.69) is 32.2 Å². The van der Waals surface area contributed by atoms with Gasteiger partial charge in [-0.2, -0.15) is 0 Å². The minimum absolute atomic E-state index is 0. The molecule has 2 aliphatic rings. The lowest BCUT2D eigenvalue weighted by Crippen LogP contribution is -2.28. The van der Waals surface area contributed by atoms with Gasteiger partial charge in [-0.05, 0) is 91.0 Å². The summed E-state index contributed by atoms with van der Waals surface area (Å²) in [5.41, 5.74) is 8.76. The van der Waals surface area contributed by atoms with Gasteiger partial charge in [0.1, 0.15) is 0 Å². The number of aromatic carboxylic acids is 2. The van der Waals surface area contributed by atoms with Crippen LogP contribution < -0.4 is 16.4 Å². The van der Waals surface area contributed by atoms with Crippen LogP contribution in [0.5, 0.6) is 0 Å². The number of amides is 2. The second kappa shape index (κ2) is 21.9. The summed E-state index contributed by atoms with van der Waals surface area (Å²) in [6.07, 6.45) is 2.10. The van der Waals surface area contributed by atoms with Crippen LogP contribution in [-0.2, 0) is 28.7 Å². The summed E-state index contributed by atoms with van der Waals surface area (Å²) in [5, 5.41) is 25.6. The molecule has 0 unspecified atom stereocenters. The number of carbonyl (C=O) groups is 8. The monoisotopic (exact) mass is 915 g/mol. The zero-order chi connectivity index (χ0) is 47.6. The molecule has 0 atom stereocenters. The third kappa shape index (κ3) is 10.6. The smallest absolute Gasteiger partial charge is 0.346 e. The van der Waals surface area contributed by atoms with Crippen LogP contribution in [0.1, 0.15) is 107 Å². The Bertz CT molecular complexity index is 2850. The number of carbonyl (C=O) groups excluding carboxylic acids is 6. The Balaban J connectivity index is 0.000000208. The third-order valence-corrected chi connectivity index (χ3v) is 10.9. The molecule has 2 heterocycles. The first-order valence-electron chi connectivity index (χ1n) is 20.9. The molecule has 0 saturated carbocycles. The standard InChI is InChI=1S/C30H26N2O6.C14H4O6.C8H11N.CH4/c33-27(31-17-15-19-7-3-1-4-8-19)21-11-13-24(30(37)38)26-22(12-14-23(25(21)26)29(35)36)28(34)32-18-16-20-9-5-2-6-10-20;15-11-5-1-2-6-10-8(14(18)20-12(6)16)4-3-7(9(5)10)13(17)19-11;9-7-6-8-4-2-1-3-5-8;/h1-14H,15-18H2,(H,31,33)(H,32,34)(H,35,36)(H,37,38);1-4H;1-5H,6-7,9H2;1H4. The average molecular weight is 916 g/mol. The van der Waals surface area contributed by atoms with E-state index in [0.29, 0.717) is 12.8 Å². The number of carboxylic acids is 2.